The highest BCUT2D eigenvalue weighted by molar-refractivity contribution is 7.84. The van der Waals surface area contributed by atoms with E-state index in [1.807, 2.05) is 91.0 Å². The van der Waals surface area contributed by atoms with Crippen molar-refractivity contribution in [3.8, 4) is 22.3 Å². The topological polar surface area (TPSA) is 46.2 Å². The molecule has 4 heteroatoms. The Morgan fingerprint density at radius 1 is 0.633 bits per heavy atom. The van der Waals surface area contributed by atoms with Gasteiger partial charge in [-0.25, -0.2) is 0 Å². The molecule has 3 nitrogen and oxygen atoms in total. The number of hydrogen-bond donors (Lipinski definition) is 1. The molecule has 0 fully saturated rings. The van der Waals surface area contributed by atoms with Crippen molar-refractivity contribution in [3.63, 3.8) is 0 Å². The van der Waals surface area contributed by atoms with Gasteiger partial charge in [0, 0.05) is 33.2 Å². The van der Waals surface area contributed by atoms with Crippen LogP contribution in [0.3, 0.4) is 0 Å². The maximum absolute atomic E-state index is 12.6. The van der Waals surface area contributed by atoms with Gasteiger partial charge < -0.3 is 5.32 Å². The number of carbonyl (C=O) groups is 1. The van der Waals surface area contributed by atoms with E-state index in [4.69, 9.17) is 0 Å². The Labute approximate surface area is 178 Å². The lowest BCUT2D eigenvalue weighted by molar-refractivity contribution is 0.102. The molecule has 1 atom stereocenters. The van der Waals surface area contributed by atoms with Gasteiger partial charge in [-0.3, -0.25) is 9.00 Å². The summed E-state index contributed by atoms with van der Waals surface area (Å²) in [5.74, 6) is -0.147. The molecule has 1 unspecified atom stereocenters. The second-order valence-electron chi connectivity index (χ2n) is 6.95. The molecule has 0 spiro atoms. The van der Waals surface area contributed by atoms with Crippen LogP contribution in [-0.2, 0) is 10.8 Å². The monoisotopic (exact) mass is 411 g/mol. The number of benzene rings is 4. The Hall–Kier alpha value is -3.50. The first-order chi connectivity index (χ1) is 14.6. The first kappa shape index (κ1) is 19.8. The van der Waals surface area contributed by atoms with Crippen LogP contribution in [0.5, 0.6) is 0 Å². The fraction of sp³-hybridized carbons (Fsp3) is 0.0385. The second-order valence-corrected chi connectivity index (χ2v) is 8.33. The van der Waals surface area contributed by atoms with Gasteiger partial charge in [-0.1, -0.05) is 66.7 Å². The third-order valence-electron chi connectivity index (χ3n) is 4.92. The Bertz CT molecular complexity index is 1170. The van der Waals surface area contributed by atoms with E-state index in [-0.39, 0.29) is 5.91 Å². The molecule has 1 amide bonds. The zero-order valence-electron chi connectivity index (χ0n) is 16.5. The predicted molar refractivity (Wildman–Crippen MR) is 124 cm³/mol. The molecule has 30 heavy (non-hydrogen) atoms. The van der Waals surface area contributed by atoms with E-state index in [1.54, 1.807) is 6.26 Å². The quantitative estimate of drug-likeness (QED) is 0.437. The fourth-order valence-corrected chi connectivity index (χ4v) is 3.75. The zero-order chi connectivity index (χ0) is 20.9. The molecule has 0 saturated carbocycles. The Kier molecular flexibility index (Phi) is 5.87. The maximum Gasteiger partial charge on any atom is 0.255 e. The van der Waals surface area contributed by atoms with Crippen molar-refractivity contribution in [2.24, 2.45) is 0 Å². The molecular formula is C26H21NO2S. The maximum atomic E-state index is 12.6. The van der Waals surface area contributed by atoms with Crippen molar-refractivity contribution in [2.75, 3.05) is 11.6 Å². The van der Waals surface area contributed by atoms with Crippen LogP contribution in [0, 0.1) is 0 Å². The fourth-order valence-electron chi connectivity index (χ4n) is 3.23. The van der Waals surface area contributed by atoms with Crippen LogP contribution in [0.25, 0.3) is 22.3 Å². The number of rotatable bonds is 5. The van der Waals surface area contributed by atoms with Gasteiger partial charge in [0.1, 0.15) is 0 Å². The minimum absolute atomic E-state index is 0.147. The van der Waals surface area contributed by atoms with Gasteiger partial charge in [0.05, 0.1) is 0 Å². The average molecular weight is 412 g/mol. The first-order valence-corrected chi connectivity index (χ1v) is 11.2. The molecule has 4 rings (SSSR count). The van der Waals surface area contributed by atoms with Crippen LogP contribution in [0.4, 0.5) is 5.69 Å². The SMILES string of the molecule is CS(=O)c1ccc(-c2ccc(C(=O)Nc3ccc(-c4ccccc4)cc3)cc2)cc1. The van der Waals surface area contributed by atoms with Gasteiger partial charge in [-0.2, -0.15) is 0 Å². The Morgan fingerprint density at radius 3 is 1.63 bits per heavy atom. The lowest BCUT2D eigenvalue weighted by atomic mass is 10.0. The average Bonchev–Trinajstić information content (AvgIpc) is 2.80. The molecule has 0 bridgehead atoms. The van der Waals surface area contributed by atoms with Crippen molar-refractivity contribution in [1.82, 2.24) is 0 Å². The molecular weight excluding hydrogens is 390 g/mol. The minimum atomic E-state index is -0.989. The molecule has 4 aromatic rings. The third kappa shape index (κ3) is 4.56. The summed E-state index contributed by atoms with van der Waals surface area (Å²) >= 11 is 0. The third-order valence-corrected chi connectivity index (χ3v) is 5.85. The van der Waals surface area contributed by atoms with E-state index >= 15 is 0 Å². The van der Waals surface area contributed by atoms with Crippen molar-refractivity contribution < 1.29 is 9.00 Å². The number of carbonyl (C=O) groups excluding carboxylic acids is 1. The summed E-state index contributed by atoms with van der Waals surface area (Å²) in [6.45, 7) is 0. The molecule has 0 aliphatic heterocycles. The molecule has 1 N–H and O–H groups in total. The van der Waals surface area contributed by atoms with E-state index < -0.39 is 10.8 Å². The lowest BCUT2D eigenvalue weighted by Gasteiger charge is -2.08. The van der Waals surface area contributed by atoms with Gasteiger partial charge in [-0.05, 0) is 58.7 Å². The molecule has 0 heterocycles. The summed E-state index contributed by atoms with van der Waals surface area (Å²) in [5.41, 5.74) is 5.63. The molecule has 0 aromatic heterocycles. The van der Waals surface area contributed by atoms with E-state index in [1.165, 1.54) is 0 Å². The molecule has 0 saturated heterocycles. The summed E-state index contributed by atoms with van der Waals surface area (Å²) < 4.78 is 11.5. The van der Waals surface area contributed by atoms with Gasteiger partial charge in [0.15, 0.2) is 0 Å². The molecule has 0 aliphatic rings. The van der Waals surface area contributed by atoms with E-state index in [2.05, 4.69) is 17.4 Å². The van der Waals surface area contributed by atoms with Crippen molar-refractivity contribution in [3.05, 3.63) is 109 Å². The van der Waals surface area contributed by atoms with E-state index in [9.17, 15) is 9.00 Å². The number of anilines is 1. The Morgan fingerprint density at radius 2 is 1.10 bits per heavy atom. The molecule has 4 aromatic carbocycles. The summed E-state index contributed by atoms with van der Waals surface area (Å²) in [6, 6.07) is 33.0. The minimum Gasteiger partial charge on any atom is -0.322 e. The van der Waals surface area contributed by atoms with Crippen LogP contribution >= 0.6 is 0 Å². The van der Waals surface area contributed by atoms with Crippen LogP contribution in [-0.4, -0.2) is 16.4 Å². The highest BCUT2D eigenvalue weighted by Gasteiger charge is 2.07. The van der Waals surface area contributed by atoms with Gasteiger partial charge in [0.25, 0.3) is 5.91 Å². The normalized spacial score (nSPS) is 11.6. The lowest BCUT2D eigenvalue weighted by Crippen LogP contribution is -2.11. The Balaban J connectivity index is 1.44. The molecule has 148 valence electrons. The number of amides is 1. The summed E-state index contributed by atoms with van der Waals surface area (Å²) in [5, 5.41) is 2.94. The highest BCUT2D eigenvalue weighted by Crippen LogP contribution is 2.23. The molecule has 0 aliphatic carbocycles. The summed E-state index contributed by atoms with van der Waals surface area (Å²) in [4.78, 5) is 13.4. The number of hydrogen-bond acceptors (Lipinski definition) is 2. The molecule has 0 radical (unpaired) electrons. The van der Waals surface area contributed by atoms with E-state index in [0.29, 0.717) is 5.56 Å². The van der Waals surface area contributed by atoms with Crippen molar-refractivity contribution in [1.29, 1.82) is 0 Å². The largest absolute Gasteiger partial charge is 0.322 e. The number of nitrogens with one attached hydrogen (secondary N) is 1. The summed E-state index contributed by atoms with van der Waals surface area (Å²) in [7, 11) is -0.989. The van der Waals surface area contributed by atoms with E-state index in [0.717, 1.165) is 32.8 Å². The predicted octanol–water partition coefficient (Wildman–Crippen LogP) is 6.01. The first-order valence-electron chi connectivity index (χ1n) is 9.61. The summed E-state index contributed by atoms with van der Waals surface area (Å²) in [6.07, 6.45) is 1.66. The van der Waals surface area contributed by atoms with Crippen LogP contribution in [0.2, 0.25) is 0 Å². The highest BCUT2D eigenvalue weighted by atomic mass is 32.2. The van der Waals surface area contributed by atoms with Crippen molar-refractivity contribution >= 4 is 22.4 Å². The standard InChI is InChI=1S/C26H21NO2S/c1-30(29)25-17-13-22(14-18-25)20-7-9-23(10-8-20)26(28)27-24-15-11-21(12-16-24)19-5-3-2-4-6-19/h2-18H,1H3,(H,27,28). The van der Waals surface area contributed by atoms with Crippen LogP contribution in [0.15, 0.2) is 108 Å². The zero-order valence-corrected chi connectivity index (χ0v) is 17.4. The van der Waals surface area contributed by atoms with Gasteiger partial charge >= 0.3 is 0 Å². The van der Waals surface area contributed by atoms with Crippen LogP contribution in [0.1, 0.15) is 10.4 Å². The van der Waals surface area contributed by atoms with Crippen molar-refractivity contribution in [2.45, 2.75) is 4.90 Å². The second kappa shape index (κ2) is 8.89. The van der Waals surface area contributed by atoms with Gasteiger partial charge in [-0.15, -0.1) is 0 Å². The smallest absolute Gasteiger partial charge is 0.255 e. The van der Waals surface area contributed by atoms with Gasteiger partial charge in [0.2, 0.25) is 0 Å². The van der Waals surface area contributed by atoms with Crippen LogP contribution < -0.4 is 5.32 Å².